The van der Waals surface area contributed by atoms with Gasteiger partial charge in [0.1, 0.15) is 0 Å². The third-order valence-corrected chi connectivity index (χ3v) is 2.44. The van der Waals surface area contributed by atoms with Crippen molar-refractivity contribution in [2.45, 2.75) is 32.0 Å². The van der Waals surface area contributed by atoms with Crippen molar-refractivity contribution in [1.82, 2.24) is 0 Å². The summed E-state index contributed by atoms with van der Waals surface area (Å²) in [6.45, 7) is 4.04. The van der Waals surface area contributed by atoms with Crippen LogP contribution in [0.25, 0.3) is 0 Å². The first-order chi connectivity index (χ1) is 4.88. The maximum atomic E-state index is 5.59. The summed E-state index contributed by atoms with van der Waals surface area (Å²) < 4.78 is 11.1. The first-order valence-electron chi connectivity index (χ1n) is 4.11. The Morgan fingerprint density at radius 3 is 3.00 bits per heavy atom. The van der Waals surface area contributed by atoms with Gasteiger partial charge in [0.25, 0.3) is 0 Å². The van der Waals surface area contributed by atoms with Crippen molar-refractivity contribution in [2.24, 2.45) is 5.92 Å². The predicted octanol–water partition coefficient (Wildman–Crippen LogP) is 1.20. The van der Waals surface area contributed by atoms with Crippen molar-refractivity contribution < 1.29 is 9.47 Å². The van der Waals surface area contributed by atoms with Crippen LogP contribution in [-0.4, -0.2) is 25.4 Å². The minimum Gasteiger partial charge on any atom is -0.375 e. The van der Waals surface area contributed by atoms with Crippen LogP contribution < -0.4 is 0 Å². The Kier molecular flexibility index (Phi) is 1.66. The van der Waals surface area contributed by atoms with Crippen LogP contribution in [0.15, 0.2) is 0 Å². The van der Waals surface area contributed by atoms with Gasteiger partial charge in [-0.05, 0) is 12.8 Å². The van der Waals surface area contributed by atoms with E-state index in [1.165, 1.54) is 12.8 Å². The van der Waals surface area contributed by atoms with E-state index in [1.807, 2.05) is 0 Å². The second-order valence-electron chi connectivity index (χ2n) is 3.33. The smallest absolute Gasteiger partial charge is 0.0884 e. The van der Waals surface area contributed by atoms with Crippen molar-refractivity contribution in [3.05, 3.63) is 0 Å². The molecule has 0 saturated carbocycles. The van der Waals surface area contributed by atoms with Gasteiger partial charge in [-0.2, -0.15) is 0 Å². The molecule has 0 spiro atoms. The molecule has 3 atom stereocenters. The Morgan fingerprint density at radius 1 is 1.30 bits per heavy atom. The van der Waals surface area contributed by atoms with Gasteiger partial charge in [-0.1, -0.05) is 6.92 Å². The minimum absolute atomic E-state index is 0.411. The Bertz CT molecular complexity index is 122. The van der Waals surface area contributed by atoms with Gasteiger partial charge in [0, 0.05) is 12.5 Å². The normalized spacial score (nSPS) is 47.1. The van der Waals surface area contributed by atoms with Gasteiger partial charge in [0.2, 0.25) is 0 Å². The monoisotopic (exact) mass is 142 g/mol. The summed E-state index contributed by atoms with van der Waals surface area (Å²) in [6, 6.07) is 0. The molecule has 0 bridgehead atoms. The van der Waals surface area contributed by atoms with Crippen LogP contribution in [0.2, 0.25) is 0 Å². The average molecular weight is 142 g/mol. The lowest BCUT2D eigenvalue weighted by molar-refractivity contribution is -0.0539. The quantitative estimate of drug-likeness (QED) is 0.506. The van der Waals surface area contributed by atoms with Gasteiger partial charge >= 0.3 is 0 Å². The van der Waals surface area contributed by atoms with E-state index < -0.39 is 0 Å². The highest BCUT2D eigenvalue weighted by atomic mass is 16.6. The highest BCUT2D eigenvalue weighted by Gasteiger charge is 2.36. The largest absolute Gasteiger partial charge is 0.375 e. The molecule has 2 heteroatoms. The summed E-state index contributed by atoms with van der Waals surface area (Å²) in [5.74, 6) is 0.616. The van der Waals surface area contributed by atoms with E-state index in [2.05, 4.69) is 6.92 Å². The highest BCUT2D eigenvalue weighted by Crippen LogP contribution is 2.29. The van der Waals surface area contributed by atoms with Gasteiger partial charge in [-0.25, -0.2) is 0 Å². The average Bonchev–Trinajstić information content (AvgIpc) is 2.34. The summed E-state index contributed by atoms with van der Waals surface area (Å²) in [5, 5.41) is 0. The van der Waals surface area contributed by atoms with E-state index in [0.29, 0.717) is 18.1 Å². The molecule has 0 aliphatic carbocycles. The summed E-state index contributed by atoms with van der Waals surface area (Å²) >= 11 is 0. The number of hydrogen-bond donors (Lipinski definition) is 0. The zero-order valence-electron chi connectivity index (χ0n) is 6.38. The Labute approximate surface area is 61.5 Å². The van der Waals surface area contributed by atoms with Gasteiger partial charge in [-0.15, -0.1) is 0 Å². The maximum absolute atomic E-state index is 5.59. The standard InChI is InChI=1S/C8H14O2/c1-6-5-10-7-3-2-4-9-8(6)7/h6-8H,2-5H2,1H3. The molecule has 10 heavy (non-hydrogen) atoms. The van der Waals surface area contributed by atoms with Gasteiger partial charge in [-0.3, -0.25) is 0 Å². The summed E-state index contributed by atoms with van der Waals surface area (Å²) in [5.41, 5.74) is 0. The lowest BCUT2D eigenvalue weighted by atomic mass is 9.99. The molecule has 2 fully saturated rings. The van der Waals surface area contributed by atoms with Crippen molar-refractivity contribution in [1.29, 1.82) is 0 Å². The van der Waals surface area contributed by atoms with Crippen LogP contribution in [0.4, 0.5) is 0 Å². The highest BCUT2D eigenvalue weighted by molar-refractivity contribution is 4.84. The topological polar surface area (TPSA) is 18.5 Å². The molecule has 2 rings (SSSR count). The molecule has 3 unspecified atom stereocenters. The third-order valence-electron chi connectivity index (χ3n) is 2.44. The Hall–Kier alpha value is -0.0800. The van der Waals surface area contributed by atoms with Crippen LogP contribution in [0.3, 0.4) is 0 Å². The van der Waals surface area contributed by atoms with Crippen LogP contribution in [0.1, 0.15) is 19.8 Å². The molecule has 2 heterocycles. The Morgan fingerprint density at radius 2 is 2.20 bits per heavy atom. The van der Waals surface area contributed by atoms with Gasteiger partial charge < -0.3 is 9.47 Å². The van der Waals surface area contributed by atoms with Crippen molar-refractivity contribution >= 4 is 0 Å². The number of ether oxygens (including phenoxy) is 2. The molecular weight excluding hydrogens is 128 g/mol. The fraction of sp³-hybridized carbons (Fsp3) is 1.00. The summed E-state index contributed by atoms with van der Waals surface area (Å²) in [7, 11) is 0. The second-order valence-corrected chi connectivity index (χ2v) is 3.33. The summed E-state index contributed by atoms with van der Waals surface area (Å²) in [4.78, 5) is 0. The third kappa shape index (κ3) is 0.956. The molecule has 2 nitrogen and oxygen atoms in total. The number of rotatable bonds is 0. The maximum Gasteiger partial charge on any atom is 0.0884 e. The van der Waals surface area contributed by atoms with Crippen LogP contribution in [0, 0.1) is 5.92 Å². The molecule has 0 amide bonds. The van der Waals surface area contributed by atoms with Crippen LogP contribution >= 0.6 is 0 Å². The molecule has 0 aromatic heterocycles. The lowest BCUT2D eigenvalue weighted by Gasteiger charge is -2.26. The summed E-state index contributed by atoms with van der Waals surface area (Å²) in [6.07, 6.45) is 3.21. The molecule has 0 aromatic rings. The molecular formula is C8H14O2. The fourth-order valence-corrected chi connectivity index (χ4v) is 1.85. The van der Waals surface area contributed by atoms with Gasteiger partial charge in [0.05, 0.1) is 18.8 Å². The van der Waals surface area contributed by atoms with Gasteiger partial charge in [0.15, 0.2) is 0 Å². The molecule has 2 aliphatic rings. The van der Waals surface area contributed by atoms with E-state index in [9.17, 15) is 0 Å². The first-order valence-corrected chi connectivity index (χ1v) is 4.11. The zero-order chi connectivity index (χ0) is 6.97. The molecule has 2 saturated heterocycles. The van der Waals surface area contributed by atoms with E-state index in [0.717, 1.165) is 13.2 Å². The van der Waals surface area contributed by atoms with Crippen molar-refractivity contribution in [3.8, 4) is 0 Å². The lowest BCUT2D eigenvalue weighted by Crippen LogP contribution is -2.33. The number of fused-ring (bicyclic) bond motifs is 1. The SMILES string of the molecule is CC1COC2CCCOC12. The van der Waals surface area contributed by atoms with Crippen molar-refractivity contribution in [2.75, 3.05) is 13.2 Å². The van der Waals surface area contributed by atoms with E-state index in [1.54, 1.807) is 0 Å². The molecule has 58 valence electrons. The van der Waals surface area contributed by atoms with Crippen molar-refractivity contribution in [3.63, 3.8) is 0 Å². The first kappa shape index (κ1) is 6.62. The predicted molar refractivity (Wildman–Crippen MR) is 37.9 cm³/mol. The van der Waals surface area contributed by atoms with Crippen LogP contribution in [0.5, 0.6) is 0 Å². The van der Waals surface area contributed by atoms with Crippen LogP contribution in [-0.2, 0) is 9.47 Å². The Balaban J connectivity index is 2.01. The molecule has 0 N–H and O–H groups in total. The van der Waals surface area contributed by atoms with E-state index in [-0.39, 0.29) is 0 Å². The zero-order valence-corrected chi connectivity index (χ0v) is 6.38. The van der Waals surface area contributed by atoms with E-state index in [4.69, 9.17) is 9.47 Å². The molecule has 2 aliphatic heterocycles. The molecule has 0 aromatic carbocycles. The minimum atomic E-state index is 0.411. The number of hydrogen-bond acceptors (Lipinski definition) is 2. The fourth-order valence-electron chi connectivity index (χ4n) is 1.85. The molecule has 0 radical (unpaired) electrons. The van der Waals surface area contributed by atoms with E-state index >= 15 is 0 Å². The second kappa shape index (κ2) is 2.51.